The second-order valence-electron chi connectivity index (χ2n) is 4.94. The Bertz CT molecular complexity index is 641. The van der Waals surface area contributed by atoms with Gasteiger partial charge < -0.3 is 10.5 Å². The fourth-order valence-corrected chi connectivity index (χ4v) is 1.94. The summed E-state index contributed by atoms with van der Waals surface area (Å²) < 4.78 is 18.8. The SMILES string of the molecule is COc1ccc(F)cc1-c1nc(C(C)C)nc(N)c1C. The van der Waals surface area contributed by atoms with Crippen LogP contribution in [0.4, 0.5) is 10.2 Å². The van der Waals surface area contributed by atoms with Crippen LogP contribution >= 0.6 is 0 Å². The number of halogens is 1. The monoisotopic (exact) mass is 275 g/mol. The zero-order valence-corrected chi connectivity index (χ0v) is 12.1. The standard InChI is InChI=1S/C15H18FN3O/c1-8(2)15-18-13(9(3)14(17)19-15)11-7-10(16)5-6-12(11)20-4/h5-8H,1-4H3,(H2,17,18,19). The van der Waals surface area contributed by atoms with Crippen LogP contribution in [0.1, 0.15) is 31.2 Å². The van der Waals surface area contributed by atoms with Crippen LogP contribution in [0.15, 0.2) is 18.2 Å². The molecule has 0 saturated heterocycles. The van der Waals surface area contributed by atoms with Gasteiger partial charge in [-0.25, -0.2) is 14.4 Å². The highest BCUT2D eigenvalue weighted by Crippen LogP contribution is 2.33. The molecule has 2 N–H and O–H groups in total. The maximum absolute atomic E-state index is 13.5. The van der Waals surface area contributed by atoms with Gasteiger partial charge in [-0.05, 0) is 25.1 Å². The summed E-state index contributed by atoms with van der Waals surface area (Å²) in [5.41, 5.74) is 7.85. The normalized spacial score (nSPS) is 10.9. The van der Waals surface area contributed by atoms with Gasteiger partial charge in [0.15, 0.2) is 0 Å². The molecule has 2 rings (SSSR count). The Morgan fingerprint density at radius 2 is 1.95 bits per heavy atom. The Balaban J connectivity index is 2.71. The quantitative estimate of drug-likeness (QED) is 0.933. The number of nitrogens with zero attached hydrogens (tertiary/aromatic N) is 2. The summed E-state index contributed by atoms with van der Waals surface area (Å²) >= 11 is 0. The third-order valence-corrected chi connectivity index (χ3v) is 3.13. The number of aromatic nitrogens is 2. The van der Waals surface area contributed by atoms with Gasteiger partial charge in [0.1, 0.15) is 23.2 Å². The highest BCUT2D eigenvalue weighted by Gasteiger charge is 2.16. The molecule has 1 aromatic heterocycles. The van der Waals surface area contributed by atoms with Crippen molar-refractivity contribution in [2.24, 2.45) is 0 Å². The number of benzene rings is 1. The van der Waals surface area contributed by atoms with Crippen LogP contribution < -0.4 is 10.5 Å². The third kappa shape index (κ3) is 2.57. The average Bonchev–Trinajstić information content (AvgIpc) is 2.41. The van der Waals surface area contributed by atoms with E-state index in [1.165, 1.54) is 12.1 Å². The number of ether oxygens (including phenoxy) is 1. The molecule has 0 spiro atoms. The number of hydrogen-bond acceptors (Lipinski definition) is 4. The van der Waals surface area contributed by atoms with Crippen molar-refractivity contribution in [2.45, 2.75) is 26.7 Å². The van der Waals surface area contributed by atoms with Crippen LogP contribution in [0, 0.1) is 12.7 Å². The molecule has 4 nitrogen and oxygen atoms in total. The molecule has 0 aliphatic rings. The van der Waals surface area contributed by atoms with Crippen LogP contribution in [-0.2, 0) is 0 Å². The van der Waals surface area contributed by atoms with Crippen molar-refractivity contribution in [1.82, 2.24) is 9.97 Å². The Labute approximate surface area is 117 Å². The highest BCUT2D eigenvalue weighted by molar-refractivity contribution is 5.72. The summed E-state index contributed by atoms with van der Waals surface area (Å²) in [5.74, 6) is 1.39. The van der Waals surface area contributed by atoms with E-state index in [0.717, 1.165) is 5.56 Å². The summed E-state index contributed by atoms with van der Waals surface area (Å²) in [6, 6.07) is 4.33. The van der Waals surface area contributed by atoms with Crippen LogP contribution in [-0.4, -0.2) is 17.1 Å². The van der Waals surface area contributed by atoms with Gasteiger partial charge >= 0.3 is 0 Å². The van der Waals surface area contributed by atoms with E-state index in [4.69, 9.17) is 10.5 Å². The van der Waals surface area contributed by atoms with Crippen molar-refractivity contribution < 1.29 is 9.13 Å². The predicted molar refractivity (Wildman–Crippen MR) is 77.2 cm³/mol. The summed E-state index contributed by atoms with van der Waals surface area (Å²) in [6.45, 7) is 5.78. The first-order chi connectivity index (χ1) is 9.43. The second-order valence-corrected chi connectivity index (χ2v) is 4.94. The first kappa shape index (κ1) is 14.2. The molecule has 1 heterocycles. The first-order valence-electron chi connectivity index (χ1n) is 6.42. The van der Waals surface area contributed by atoms with Crippen molar-refractivity contribution in [3.05, 3.63) is 35.4 Å². The van der Waals surface area contributed by atoms with Crippen molar-refractivity contribution in [2.75, 3.05) is 12.8 Å². The van der Waals surface area contributed by atoms with E-state index in [-0.39, 0.29) is 11.7 Å². The summed E-state index contributed by atoms with van der Waals surface area (Å²) in [7, 11) is 1.54. The van der Waals surface area contributed by atoms with E-state index in [9.17, 15) is 4.39 Å². The fourth-order valence-electron chi connectivity index (χ4n) is 1.94. The molecule has 106 valence electrons. The van der Waals surface area contributed by atoms with E-state index in [1.54, 1.807) is 13.2 Å². The molecule has 0 amide bonds. The van der Waals surface area contributed by atoms with Crippen LogP contribution in [0.25, 0.3) is 11.3 Å². The predicted octanol–water partition coefficient (Wildman–Crippen LogP) is 3.31. The number of hydrogen-bond donors (Lipinski definition) is 1. The summed E-state index contributed by atoms with van der Waals surface area (Å²) in [5, 5.41) is 0. The Hall–Kier alpha value is -2.17. The molecular weight excluding hydrogens is 257 g/mol. The number of nitrogens with two attached hydrogens (primary N) is 1. The molecule has 2 aromatic rings. The lowest BCUT2D eigenvalue weighted by molar-refractivity contribution is 0.415. The van der Waals surface area contributed by atoms with Crippen molar-refractivity contribution in [3.63, 3.8) is 0 Å². The van der Waals surface area contributed by atoms with E-state index in [2.05, 4.69) is 9.97 Å². The largest absolute Gasteiger partial charge is 0.496 e. The van der Waals surface area contributed by atoms with Gasteiger partial charge in [-0.1, -0.05) is 13.8 Å². The van der Waals surface area contributed by atoms with Crippen molar-refractivity contribution in [1.29, 1.82) is 0 Å². The van der Waals surface area contributed by atoms with Gasteiger partial charge in [-0.3, -0.25) is 0 Å². The molecule has 0 atom stereocenters. The van der Waals surface area contributed by atoms with Crippen LogP contribution in [0.3, 0.4) is 0 Å². The van der Waals surface area contributed by atoms with Crippen LogP contribution in [0.5, 0.6) is 5.75 Å². The smallest absolute Gasteiger partial charge is 0.133 e. The average molecular weight is 275 g/mol. The number of nitrogen functional groups attached to an aromatic ring is 1. The van der Waals surface area contributed by atoms with Crippen molar-refractivity contribution in [3.8, 4) is 17.0 Å². The number of rotatable bonds is 3. The van der Waals surface area contributed by atoms with E-state index < -0.39 is 0 Å². The molecule has 0 aliphatic heterocycles. The minimum absolute atomic E-state index is 0.135. The lowest BCUT2D eigenvalue weighted by atomic mass is 10.0. The van der Waals surface area contributed by atoms with Crippen molar-refractivity contribution >= 4 is 5.82 Å². The van der Waals surface area contributed by atoms with Gasteiger partial charge in [0.2, 0.25) is 0 Å². The first-order valence-corrected chi connectivity index (χ1v) is 6.42. The fraction of sp³-hybridized carbons (Fsp3) is 0.333. The Morgan fingerprint density at radius 1 is 1.25 bits per heavy atom. The van der Waals surface area contributed by atoms with Gasteiger partial charge in [0, 0.05) is 17.0 Å². The number of anilines is 1. The van der Waals surface area contributed by atoms with E-state index >= 15 is 0 Å². The zero-order valence-electron chi connectivity index (χ0n) is 12.1. The highest BCUT2D eigenvalue weighted by atomic mass is 19.1. The number of methoxy groups -OCH3 is 1. The van der Waals surface area contributed by atoms with Gasteiger partial charge in [0.05, 0.1) is 12.8 Å². The molecule has 0 aliphatic carbocycles. The Morgan fingerprint density at radius 3 is 2.55 bits per heavy atom. The molecule has 0 radical (unpaired) electrons. The minimum atomic E-state index is -0.344. The van der Waals surface area contributed by atoms with E-state index in [1.807, 2.05) is 20.8 Å². The molecule has 0 saturated carbocycles. The topological polar surface area (TPSA) is 61.0 Å². The lowest BCUT2D eigenvalue weighted by Gasteiger charge is -2.14. The lowest BCUT2D eigenvalue weighted by Crippen LogP contribution is -2.06. The van der Waals surface area contributed by atoms with Gasteiger partial charge in [0.25, 0.3) is 0 Å². The second kappa shape index (κ2) is 5.45. The maximum Gasteiger partial charge on any atom is 0.133 e. The molecule has 0 unspecified atom stereocenters. The molecular formula is C15H18FN3O. The molecule has 5 heteroatoms. The third-order valence-electron chi connectivity index (χ3n) is 3.13. The summed E-state index contributed by atoms with van der Waals surface area (Å²) in [6.07, 6.45) is 0. The molecule has 20 heavy (non-hydrogen) atoms. The van der Waals surface area contributed by atoms with E-state index in [0.29, 0.717) is 28.6 Å². The Kier molecular flexibility index (Phi) is 3.88. The molecule has 0 bridgehead atoms. The maximum atomic E-state index is 13.5. The molecule has 1 aromatic carbocycles. The summed E-state index contributed by atoms with van der Waals surface area (Å²) in [4.78, 5) is 8.78. The van der Waals surface area contributed by atoms with Crippen LogP contribution in [0.2, 0.25) is 0 Å². The zero-order chi connectivity index (χ0) is 14.9. The van der Waals surface area contributed by atoms with Gasteiger partial charge in [-0.15, -0.1) is 0 Å². The van der Waals surface area contributed by atoms with Gasteiger partial charge in [-0.2, -0.15) is 0 Å². The molecule has 0 fully saturated rings. The minimum Gasteiger partial charge on any atom is -0.496 e.